The number of benzene rings is 3. The molecule has 0 aliphatic carbocycles. The Morgan fingerprint density at radius 3 is 2.33 bits per heavy atom. The molecule has 0 bridgehead atoms. The van der Waals surface area contributed by atoms with Gasteiger partial charge >= 0.3 is 6.18 Å². The molecule has 0 fully saturated rings. The highest BCUT2D eigenvalue weighted by atomic mass is 35.5. The van der Waals surface area contributed by atoms with Crippen molar-refractivity contribution in [3.63, 3.8) is 0 Å². The summed E-state index contributed by atoms with van der Waals surface area (Å²) in [6, 6.07) is 14.7. The van der Waals surface area contributed by atoms with Crippen LogP contribution in [-0.2, 0) is 16.7 Å². The van der Waals surface area contributed by atoms with Crippen LogP contribution in [0, 0.1) is 5.82 Å². The normalized spacial score (nSPS) is 11.2. The number of carbonyl (C=O) groups is 2. The lowest BCUT2D eigenvalue weighted by Gasteiger charge is -2.16. The molecule has 33 heavy (non-hydrogen) atoms. The van der Waals surface area contributed by atoms with E-state index in [1.165, 1.54) is 30.0 Å². The van der Waals surface area contributed by atoms with Crippen LogP contribution in [0.1, 0.15) is 21.5 Å². The van der Waals surface area contributed by atoms with Crippen LogP contribution >= 0.6 is 23.4 Å². The van der Waals surface area contributed by atoms with E-state index in [9.17, 15) is 27.2 Å². The summed E-state index contributed by atoms with van der Waals surface area (Å²) < 4.78 is 53.7. The molecule has 3 rings (SSSR count). The molecule has 0 heterocycles. The van der Waals surface area contributed by atoms with Gasteiger partial charge in [0, 0.05) is 22.0 Å². The highest BCUT2D eigenvalue weighted by Gasteiger charge is 2.34. The maximum absolute atomic E-state index is 13.6. The average molecular weight is 497 g/mol. The maximum atomic E-state index is 13.6. The fourth-order valence-electron chi connectivity index (χ4n) is 2.84. The highest BCUT2D eigenvalue weighted by Crippen LogP contribution is 2.37. The van der Waals surface area contributed by atoms with Crippen molar-refractivity contribution in [1.29, 1.82) is 0 Å². The fourth-order valence-corrected chi connectivity index (χ4v) is 3.83. The van der Waals surface area contributed by atoms with E-state index in [-0.39, 0.29) is 17.0 Å². The van der Waals surface area contributed by atoms with Gasteiger partial charge in [-0.2, -0.15) is 13.2 Å². The molecule has 10 heteroatoms. The average Bonchev–Trinajstić information content (AvgIpc) is 2.74. The Hall–Kier alpha value is -3.04. The van der Waals surface area contributed by atoms with Gasteiger partial charge in [-0.15, -0.1) is 11.8 Å². The van der Waals surface area contributed by atoms with Crippen LogP contribution in [0.3, 0.4) is 0 Å². The zero-order valence-electron chi connectivity index (χ0n) is 16.9. The molecule has 4 nitrogen and oxygen atoms in total. The van der Waals surface area contributed by atoms with Gasteiger partial charge in [0.25, 0.3) is 5.91 Å². The minimum atomic E-state index is -4.77. The van der Waals surface area contributed by atoms with E-state index in [4.69, 9.17) is 11.6 Å². The van der Waals surface area contributed by atoms with E-state index in [0.717, 1.165) is 29.8 Å². The topological polar surface area (TPSA) is 58.2 Å². The number of hydrogen-bond acceptors (Lipinski definition) is 3. The largest absolute Gasteiger partial charge is 0.418 e. The van der Waals surface area contributed by atoms with E-state index in [2.05, 4.69) is 10.6 Å². The summed E-state index contributed by atoms with van der Waals surface area (Å²) in [6.07, 6.45) is -4.77. The number of rotatable bonds is 7. The van der Waals surface area contributed by atoms with Crippen molar-refractivity contribution in [1.82, 2.24) is 0 Å². The Bertz CT molecular complexity index is 1150. The first-order valence-electron chi connectivity index (χ1n) is 9.52. The van der Waals surface area contributed by atoms with E-state index >= 15 is 0 Å². The molecule has 0 aliphatic rings. The molecule has 3 aromatic rings. The van der Waals surface area contributed by atoms with Gasteiger partial charge in [0.15, 0.2) is 0 Å². The smallest absolute Gasteiger partial charge is 0.325 e. The number of anilines is 2. The second kappa shape index (κ2) is 10.7. The lowest BCUT2D eigenvalue weighted by molar-refractivity contribution is -0.136. The van der Waals surface area contributed by atoms with Crippen molar-refractivity contribution in [2.45, 2.75) is 11.9 Å². The number of carbonyl (C=O) groups excluding carboxylic acids is 2. The molecule has 3 aromatic carbocycles. The zero-order chi connectivity index (χ0) is 24.0. The molecular formula is C23H17ClF4N2O2S. The number of nitrogens with one attached hydrogen (secondary N) is 2. The molecule has 0 aliphatic heterocycles. The molecule has 0 saturated carbocycles. The Kier molecular flexibility index (Phi) is 7.99. The van der Waals surface area contributed by atoms with Crippen molar-refractivity contribution < 1.29 is 27.2 Å². The third-order valence-corrected chi connectivity index (χ3v) is 5.59. The SMILES string of the molecule is O=C(CSCc1cccc(Cl)c1)Nc1ccc(NC(=O)c2ccc(F)cc2)cc1C(F)(F)F. The van der Waals surface area contributed by atoms with Gasteiger partial charge in [-0.1, -0.05) is 23.7 Å². The van der Waals surface area contributed by atoms with Gasteiger partial charge in [0.1, 0.15) is 5.82 Å². The van der Waals surface area contributed by atoms with Crippen LogP contribution in [0.2, 0.25) is 5.02 Å². The van der Waals surface area contributed by atoms with E-state index in [0.29, 0.717) is 10.8 Å². The van der Waals surface area contributed by atoms with Crippen LogP contribution in [0.15, 0.2) is 66.7 Å². The molecule has 0 spiro atoms. The first-order chi connectivity index (χ1) is 15.6. The summed E-state index contributed by atoms with van der Waals surface area (Å²) in [5.74, 6) is -1.44. The van der Waals surface area contributed by atoms with Gasteiger partial charge in [-0.3, -0.25) is 9.59 Å². The molecule has 2 amide bonds. The molecule has 0 saturated heterocycles. The number of hydrogen-bond donors (Lipinski definition) is 2. The first kappa shape index (κ1) is 24.6. The Morgan fingerprint density at radius 2 is 1.67 bits per heavy atom. The van der Waals surface area contributed by atoms with Crippen LogP contribution in [0.5, 0.6) is 0 Å². The number of amides is 2. The molecule has 0 aromatic heterocycles. The Morgan fingerprint density at radius 1 is 0.939 bits per heavy atom. The van der Waals surface area contributed by atoms with Gasteiger partial charge in [-0.25, -0.2) is 4.39 Å². The third-order valence-electron chi connectivity index (χ3n) is 4.35. The molecule has 172 valence electrons. The predicted molar refractivity (Wildman–Crippen MR) is 122 cm³/mol. The first-order valence-corrected chi connectivity index (χ1v) is 11.1. The number of thioether (sulfide) groups is 1. The van der Waals surface area contributed by atoms with Crippen molar-refractivity contribution >= 4 is 46.6 Å². The number of halogens is 5. The van der Waals surface area contributed by atoms with Gasteiger partial charge < -0.3 is 10.6 Å². The minimum Gasteiger partial charge on any atom is -0.325 e. The third kappa shape index (κ3) is 7.23. The standard InChI is InChI=1S/C23H17ClF4N2O2S/c24-16-3-1-2-14(10-16)12-33-13-21(31)30-20-9-8-18(11-19(20)23(26,27)28)29-22(32)15-4-6-17(25)7-5-15/h1-11H,12-13H2,(H,29,32)(H,30,31). The Labute approximate surface area is 196 Å². The monoisotopic (exact) mass is 496 g/mol. The van der Waals surface area contributed by atoms with E-state index < -0.39 is 35.1 Å². The summed E-state index contributed by atoms with van der Waals surface area (Å²) >= 11 is 7.13. The molecule has 2 N–H and O–H groups in total. The summed E-state index contributed by atoms with van der Waals surface area (Å²) in [5.41, 5.74) is -0.676. The summed E-state index contributed by atoms with van der Waals surface area (Å²) in [6.45, 7) is 0. The molecule has 0 radical (unpaired) electrons. The van der Waals surface area contributed by atoms with Crippen molar-refractivity contribution in [3.05, 3.63) is 94.3 Å². The molecular weight excluding hydrogens is 480 g/mol. The van der Waals surface area contributed by atoms with Gasteiger partial charge in [0.2, 0.25) is 5.91 Å². The van der Waals surface area contributed by atoms with E-state index in [1.54, 1.807) is 18.2 Å². The van der Waals surface area contributed by atoms with Crippen molar-refractivity contribution in [2.24, 2.45) is 0 Å². The predicted octanol–water partition coefficient (Wildman–Crippen LogP) is 6.62. The van der Waals surface area contributed by atoms with Crippen molar-refractivity contribution in [2.75, 3.05) is 16.4 Å². The van der Waals surface area contributed by atoms with Crippen LogP contribution in [-0.4, -0.2) is 17.6 Å². The maximum Gasteiger partial charge on any atom is 0.418 e. The van der Waals surface area contributed by atoms with Crippen LogP contribution in [0.4, 0.5) is 28.9 Å². The summed E-state index contributed by atoms with van der Waals surface area (Å²) in [7, 11) is 0. The Balaban J connectivity index is 1.66. The minimum absolute atomic E-state index is 0.0626. The summed E-state index contributed by atoms with van der Waals surface area (Å²) in [4.78, 5) is 24.4. The zero-order valence-corrected chi connectivity index (χ0v) is 18.5. The summed E-state index contributed by atoms with van der Waals surface area (Å²) in [5, 5.41) is 5.17. The lowest BCUT2D eigenvalue weighted by atomic mass is 10.1. The van der Waals surface area contributed by atoms with Crippen molar-refractivity contribution in [3.8, 4) is 0 Å². The quantitative estimate of drug-likeness (QED) is 0.361. The van der Waals surface area contributed by atoms with Crippen LogP contribution in [0.25, 0.3) is 0 Å². The second-order valence-electron chi connectivity index (χ2n) is 6.89. The lowest BCUT2D eigenvalue weighted by Crippen LogP contribution is -2.19. The number of alkyl halides is 3. The van der Waals surface area contributed by atoms with Gasteiger partial charge in [-0.05, 0) is 60.2 Å². The molecule has 0 atom stereocenters. The van der Waals surface area contributed by atoms with Gasteiger partial charge in [0.05, 0.1) is 17.0 Å². The molecule has 0 unspecified atom stereocenters. The fraction of sp³-hybridized carbons (Fsp3) is 0.130. The van der Waals surface area contributed by atoms with Crippen LogP contribution < -0.4 is 10.6 Å². The second-order valence-corrected chi connectivity index (χ2v) is 8.31. The van der Waals surface area contributed by atoms with E-state index in [1.807, 2.05) is 6.07 Å². The highest BCUT2D eigenvalue weighted by molar-refractivity contribution is 7.99.